The number of nitrogens with zero attached hydrogens (tertiary/aromatic N) is 3. The standard InChI is InChI=1S/C21H24N4OS/c1-24(21(26)20-10-6-12-27-20)15-16-7-2-3-9-19(16)22-14-17-13-18-8-4-5-11-25(18)23-17/h2-3,6-7,9-10,12-13,22H,4-5,8,11,14-15H2,1H3. The van der Waals surface area contributed by atoms with E-state index >= 15 is 0 Å². The van der Waals surface area contributed by atoms with Crippen molar-refractivity contribution in [3.05, 3.63) is 69.7 Å². The summed E-state index contributed by atoms with van der Waals surface area (Å²) in [5.41, 5.74) is 4.57. The van der Waals surface area contributed by atoms with E-state index < -0.39 is 0 Å². The highest BCUT2D eigenvalue weighted by atomic mass is 32.1. The zero-order chi connectivity index (χ0) is 18.6. The second kappa shape index (κ2) is 7.96. The fourth-order valence-corrected chi connectivity index (χ4v) is 4.21. The molecule has 0 aliphatic carbocycles. The minimum Gasteiger partial charge on any atom is -0.379 e. The van der Waals surface area contributed by atoms with Gasteiger partial charge in [-0.25, -0.2) is 0 Å². The van der Waals surface area contributed by atoms with Gasteiger partial charge in [0.15, 0.2) is 0 Å². The number of amides is 1. The van der Waals surface area contributed by atoms with Crippen molar-refractivity contribution in [2.24, 2.45) is 0 Å². The smallest absolute Gasteiger partial charge is 0.263 e. The average Bonchev–Trinajstić information content (AvgIpc) is 3.36. The third kappa shape index (κ3) is 4.06. The third-order valence-corrected chi connectivity index (χ3v) is 5.79. The van der Waals surface area contributed by atoms with E-state index in [2.05, 4.69) is 28.2 Å². The first-order valence-corrected chi connectivity index (χ1v) is 10.2. The van der Waals surface area contributed by atoms with Crippen molar-refractivity contribution in [3.63, 3.8) is 0 Å². The first kappa shape index (κ1) is 17.8. The van der Waals surface area contributed by atoms with Crippen LogP contribution < -0.4 is 5.32 Å². The van der Waals surface area contributed by atoms with Crippen LogP contribution in [0.2, 0.25) is 0 Å². The molecule has 0 unspecified atom stereocenters. The Morgan fingerprint density at radius 3 is 2.96 bits per heavy atom. The van der Waals surface area contributed by atoms with E-state index in [9.17, 15) is 4.79 Å². The van der Waals surface area contributed by atoms with E-state index in [1.807, 2.05) is 36.7 Å². The molecule has 27 heavy (non-hydrogen) atoms. The van der Waals surface area contributed by atoms with Gasteiger partial charge in [0.1, 0.15) is 0 Å². The van der Waals surface area contributed by atoms with Gasteiger partial charge in [-0.15, -0.1) is 11.3 Å². The predicted molar refractivity (Wildman–Crippen MR) is 109 cm³/mol. The second-order valence-electron chi connectivity index (χ2n) is 6.96. The number of carbonyl (C=O) groups is 1. The molecule has 1 aliphatic rings. The molecule has 140 valence electrons. The molecule has 2 aromatic heterocycles. The van der Waals surface area contributed by atoms with E-state index in [0.29, 0.717) is 13.1 Å². The molecule has 1 N–H and O–H groups in total. The van der Waals surface area contributed by atoms with Gasteiger partial charge in [-0.1, -0.05) is 24.3 Å². The Bertz CT molecular complexity index is 893. The Morgan fingerprint density at radius 1 is 1.26 bits per heavy atom. The van der Waals surface area contributed by atoms with Crippen LogP contribution >= 0.6 is 11.3 Å². The normalized spacial score (nSPS) is 13.2. The first-order valence-electron chi connectivity index (χ1n) is 9.37. The number of rotatable bonds is 6. The summed E-state index contributed by atoms with van der Waals surface area (Å²) in [5.74, 6) is 0.0570. The maximum atomic E-state index is 12.5. The fraction of sp³-hybridized carbons (Fsp3) is 0.333. The van der Waals surface area contributed by atoms with E-state index in [1.54, 1.807) is 4.90 Å². The van der Waals surface area contributed by atoms with Crippen molar-refractivity contribution >= 4 is 22.9 Å². The third-order valence-electron chi connectivity index (χ3n) is 4.93. The molecule has 1 aromatic carbocycles. The van der Waals surface area contributed by atoms with Gasteiger partial charge in [0.2, 0.25) is 0 Å². The summed E-state index contributed by atoms with van der Waals surface area (Å²) >= 11 is 1.48. The summed E-state index contributed by atoms with van der Waals surface area (Å²) in [5, 5.41) is 10.1. The molecule has 0 spiro atoms. The zero-order valence-corrected chi connectivity index (χ0v) is 16.3. The van der Waals surface area contributed by atoms with E-state index in [-0.39, 0.29) is 5.91 Å². The first-order chi connectivity index (χ1) is 13.2. The number of anilines is 1. The molecule has 0 bridgehead atoms. The Hall–Kier alpha value is -2.60. The molecule has 1 aliphatic heterocycles. The van der Waals surface area contributed by atoms with Crippen molar-refractivity contribution < 1.29 is 4.79 Å². The summed E-state index contributed by atoms with van der Waals surface area (Å²) in [6, 6.07) is 14.2. The molecule has 0 saturated heterocycles. The SMILES string of the molecule is CN(Cc1ccccc1NCc1cc2n(n1)CCCC2)C(=O)c1cccs1. The zero-order valence-electron chi connectivity index (χ0n) is 15.5. The van der Waals surface area contributed by atoms with Gasteiger partial charge in [0.25, 0.3) is 5.91 Å². The monoisotopic (exact) mass is 380 g/mol. The highest BCUT2D eigenvalue weighted by Crippen LogP contribution is 2.21. The average molecular weight is 381 g/mol. The molecule has 0 fully saturated rings. The summed E-state index contributed by atoms with van der Waals surface area (Å²) in [6.07, 6.45) is 3.60. The molecule has 1 amide bonds. The molecule has 0 atom stereocenters. The van der Waals surface area contributed by atoms with Crippen LogP contribution in [0.15, 0.2) is 47.8 Å². The number of nitrogens with one attached hydrogen (secondary N) is 1. The molecular weight excluding hydrogens is 356 g/mol. The maximum Gasteiger partial charge on any atom is 0.263 e. The van der Waals surface area contributed by atoms with Gasteiger partial charge in [-0.3, -0.25) is 9.48 Å². The molecule has 6 heteroatoms. The fourth-order valence-electron chi connectivity index (χ4n) is 3.50. The van der Waals surface area contributed by atoms with Crippen molar-refractivity contribution in [3.8, 4) is 0 Å². The number of hydrogen-bond acceptors (Lipinski definition) is 4. The lowest BCUT2D eigenvalue weighted by molar-refractivity contribution is 0.0790. The van der Waals surface area contributed by atoms with Crippen LogP contribution in [0.3, 0.4) is 0 Å². The number of fused-ring (bicyclic) bond motifs is 1. The number of aromatic nitrogens is 2. The number of aryl methyl sites for hydroxylation is 2. The number of benzene rings is 1. The largest absolute Gasteiger partial charge is 0.379 e. The predicted octanol–water partition coefficient (Wildman–Crippen LogP) is 4.17. The van der Waals surface area contributed by atoms with Crippen LogP contribution in [0.4, 0.5) is 5.69 Å². The molecule has 3 heterocycles. The van der Waals surface area contributed by atoms with Crippen LogP contribution in [-0.4, -0.2) is 27.6 Å². The number of carbonyl (C=O) groups excluding carboxylic acids is 1. The Kier molecular flexibility index (Phi) is 5.25. The van der Waals surface area contributed by atoms with Crippen LogP contribution in [0.1, 0.15) is 39.5 Å². The van der Waals surface area contributed by atoms with Crippen LogP contribution in [0, 0.1) is 0 Å². The molecule has 5 nitrogen and oxygen atoms in total. The molecule has 0 radical (unpaired) electrons. The summed E-state index contributed by atoms with van der Waals surface area (Å²) < 4.78 is 2.14. The van der Waals surface area contributed by atoms with Gasteiger partial charge in [0.05, 0.1) is 17.1 Å². The molecule has 0 saturated carbocycles. The number of thiophene rings is 1. The Morgan fingerprint density at radius 2 is 2.15 bits per heavy atom. The molecule has 4 rings (SSSR count). The van der Waals surface area contributed by atoms with Crippen LogP contribution in [0.5, 0.6) is 0 Å². The summed E-state index contributed by atoms with van der Waals surface area (Å²) in [6.45, 7) is 2.29. The van der Waals surface area contributed by atoms with Crippen LogP contribution in [-0.2, 0) is 26.1 Å². The van der Waals surface area contributed by atoms with Crippen molar-refractivity contribution in [1.29, 1.82) is 0 Å². The Balaban J connectivity index is 1.43. The summed E-state index contributed by atoms with van der Waals surface area (Å²) in [7, 11) is 1.85. The number of para-hydroxylation sites is 1. The lowest BCUT2D eigenvalue weighted by Gasteiger charge is -2.19. The second-order valence-corrected chi connectivity index (χ2v) is 7.90. The lowest BCUT2D eigenvalue weighted by atomic mass is 10.1. The minimum atomic E-state index is 0.0570. The van der Waals surface area contributed by atoms with Crippen molar-refractivity contribution in [2.75, 3.05) is 12.4 Å². The van der Waals surface area contributed by atoms with E-state index in [4.69, 9.17) is 5.10 Å². The molecule has 3 aromatic rings. The van der Waals surface area contributed by atoms with Crippen molar-refractivity contribution in [1.82, 2.24) is 14.7 Å². The Labute approximate surface area is 163 Å². The van der Waals surface area contributed by atoms with Gasteiger partial charge < -0.3 is 10.2 Å². The maximum absolute atomic E-state index is 12.5. The van der Waals surface area contributed by atoms with E-state index in [1.165, 1.54) is 29.9 Å². The summed E-state index contributed by atoms with van der Waals surface area (Å²) in [4.78, 5) is 15.1. The highest BCUT2D eigenvalue weighted by molar-refractivity contribution is 7.12. The van der Waals surface area contributed by atoms with Crippen molar-refractivity contribution in [2.45, 2.75) is 38.9 Å². The highest BCUT2D eigenvalue weighted by Gasteiger charge is 2.15. The minimum absolute atomic E-state index is 0.0570. The van der Waals surface area contributed by atoms with Crippen LogP contribution in [0.25, 0.3) is 0 Å². The quantitative estimate of drug-likeness (QED) is 0.698. The lowest BCUT2D eigenvalue weighted by Crippen LogP contribution is -2.25. The van der Waals surface area contributed by atoms with Gasteiger partial charge >= 0.3 is 0 Å². The topological polar surface area (TPSA) is 50.2 Å². The van der Waals surface area contributed by atoms with Gasteiger partial charge in [-0.2, -0.15) is 5.10 Å². The number of hydrogen-bond donors (Lipinski definition) is 1. The van der Waals surface area contributed by atoms with Gasteiger partial charge in [0, 0.05) is 31.5 Å². The van der Waals surface area contributed by atoms with Gasteiger partial charge in [-0.05, 0) is 48.4 Å². The molecular formula is C21H24N4OS. The van der Waals surface area contributed by atoms with E-state index in [0.717, 1.165) is 34.8 Å².